The summed E-state index contributed by atoms with van der Waals surface area (Å²) in [6.07, 6.45) is 3.50. The zero-order valence-electron chi connectivity index (χ0n) is 12.6. The molecule has 0 bridgehead atoms. The number of nitrogens with one attached hydrogen (secondary N) is 1. The van der Waals surface area contributed by atoms with E-state index in [2.05, 4.69) is 20.4 Å². The third kappa shape index (κ3) is 2.81. The molecular weight excluding hydrogens is 278 g/mol. The smallest absolute Gasteiger partial charge is 0.274 e. The Morgan fingerprint density at radius 3 is 2.86 bits per heavy atom. The van der Waals surface area contributed by atoms with Crippen molar-refractivity contribution in [2.24, 2.45) is 0 Å². The zero-order valence-corrected chi connectivity index (χ0v) is 12.6. The van der Waals surface area contributed by atoms with E-state index in [1.165, 1.54) is 4.68 Å². The van der Waals surface area contributed by atoms with Crippen molar-refractivity contribution < 1.29 is 0 Å². The van der Waals surface area contributed by atoms with E-state index in [0.29, 0.717) is 24.3 Å². The highest BCUT2D eigenvalue weighted by Gasteiger charge is 2.04. The van der Waals surface area contributed by atoms with Crippen LogP contribution in [0, 0.1) is 13.8 Å². The Balaban J connectivity index is 1.76. The number of benzene rings is 1. The number of rotatable bonds is 4. The van der Waals surface area contributed by atoms with Gasteiger partial charge in [-0.3, -0.25) is 4.79 Å². The van der Waals surface area contributed by atoms with Crippen LogP contribution in [0.4, 0.5) is 5.82 Å². The maximum absolute atomic E-state index is 12.3. The van der Waals surface area contributed by atoms with Gasteiger partial charge in [0.25, 0.3) is 5.56 Å². The highest BCUT2D eigenvalue weighted by atomic mass is 16.1. The summed E-state index contributed by atoms with van der Waals surface area (Å²) in [5, 5.41) is 8.98. The molecule has 0 fully saturated rings. The van der Waals surface area contributed by atoms with E-state index in [-0.39, 0.29) is 5.56 Å². The first-order valence-corrected chi connectivity index (χ1v) is 7.14. The van der Waals surface area contributed by atoms with Gasteiger partial charge in [0.1, 0.15) is 11.6 Å². The molecule has 0 amide bonds. The fourth-order valence-electron chi connectivity index (χ4n) is 2.28. The summed E-state index contributed by atoms with van der Waals surface area (Å²) in [4.78, 5) is 20.8. The van der Waals surface area contributed by atoms with Crippen molar-refractivity contribution in [3.63, 3.8) is 0 Å². The van der Waals surface area contributed by atoms with E-state index in [1.54, 1.807) is 12.4 Å². The van der Waals surface area contributed by atoms with Crippen LogP contribution in [0.5, 0.6) is 0 Å². The highest BCUT2D eigenvalue weighted by molar-refractivity contribution is 5.80. The first kappa shape index (κ1) is 14.2. The molecular formula is C16H17N5O. The minimum Gasteiger partial charge on any atom is -0.368 e. The van der Waals surface area contributed by atoms with Gasteiger partial charge in [-0.05, 0) is 19.9 Å². The monoisotopic (exact) mass is 295 g/mol. The molecule has 0 radical (unpaired) electrons. The van der Waals surface area contributed by atoms with E-state index < -0.39 is 0 Å². The fourth-order valence-corrected chi connectivity index (χ4v) is 2.28. The number of nitrogens with zero attached hydrogens (tertiary/aromatic N) is 4. The van der Waals surface area contributed by atoms with Crippen LogP contribution in [-0.2, 0) is 6.54 Å². The molecule has 1 N–H and O–H groups in total. The van der Waals surface area contributed by atoms with Crippen LogP contribution in [0.3, 0.4) is 0 Å². The molecule has 22 heavy (non-hydrogen) atoms. The molecule has 6 heteroatoms. The van der Waals surface area contributed by atoms with Crippen molar-refractivity contribution in [1.82, 2.24) is 19.7 Å². The van der Waals surface area contributed by atoms with Crippen molar-refractivity contribution in [1.29, 1.82) is 0 Å². The number of hydrogen-bond acceptors (Lipinski definition) is 5. The van der Waals surface area contributed by atoms with E-state index in [9.17, 15) is 4.79 Å². The Morgan fingerprint density at radius 1 is 1.18 bits per heavy atom. The van der Waals surface area contributed by atoms with Gasteiger partial charge < -0.3 is 5.32 Å². The van der Waals surface area contributed by atoms with Crippen LogP contribution in [0.15, 0.2) is 41.5 Å². The average Bonchev–Trinajstić information content (AvgIpc) is 2.53. The van der Waals surface area contributed by atoms with Crippen molar-refractivity contribution >= 4 is 16.6 Å². The number of fused-ring (bicyclic) bond motifs is 1. The molecule has 0 saturated heterocycles. The quantitative estimate of drug-likeness (QED) is 0.796. The molecule has 0 spiro atoms. The first-order chi connectivity index (χ1) is 10.6. The predicted octanol–water partition coefficient (Wildman–Crippen LogP) is 1.92. The maximum Gasteiger partial charge on any atom is 0.274 e. The van der Waals surface area contributed by atoms with Gasteiger partial charge in [0.05, 0.1) is 18.1 Å². The number of anilines is 1. The lowest BCUT2D eigenvalue weighted by molar-refractivity contribution is 0.603. The van der Waals surface area contributed by atoms with Crippen molar-refractivity contribution in [3.8, 4) is 0 Å². The minimum absolute atomic E-state index is 0.0736. The van der Waals surface area contributed by atoms with Gasteiger partial charge in [0.2, 0.25) is 0 Å². The molecule has 112 valence electrons. The number of aromatic nitrogens is 4. The molecule has 0 aliphatic carbocycles. The van der Waals surface area contributed by atoms with Gasteiger partial charge in [-0.25, -0.2) is 14.6 Å². The van der Waals surface area contributed by atoms with Gasteiger partial charge in [0.15, 0.2) is 0 Å². The van der Waals surface area contributed by atoms with Gasteiger partial charge in [-0.1, -0.05) is 18.2 Å². The summed E-state index contributed by atoms with van der Waals surface area (Å²) < 4.78 is 1.47. The second-order valence-corrected chi connectivity index (χ2v) is 5.14. The highest BCUT2D eigenvalue weighted by Crippen LogP contribution is 2.09. The van der Waals surface area contributed by atoms with Crippen molar-refractivity contribution in [2.45, 2.75) is 20.4 Å². The molecule has 0 atom stereocenters. The van der Waals surface area contributed by atoms with Gasteiger partial charge in [0, 0.05) is 23.7 Å². The number of aryl methyl sites for hydroxylation is 2. The third-order valence-electron chi connectivity index (χ3n) is 3.47. The molecule has 1 aromatic carbocycles. The maximum atomic E-state index is 12.3. The molecule has 0 aliphatic heterocycles. The molecule has 3 rings (SSSR count). The molecule has 2 heterocycles. The Morgan fingerprint density at radius 2 is 2.00 bits per heavy atom. The summed E-state index contributed by atoms with van der Waals surface area (Å²) >= 11 is 0. The topological polar surface area (TPSA) is 72.7 Å². The molecule has 0 aliphatic rings. The van der Waals surface area contributed by atoms with Crippen LogP contribution in [0.1, 0.15) is 11.4 Å². The SMILES string of the molecule is Cc1ncc(C)c(NCCn2ncc3ccccc3c2=O)n1. The molecule has 6 nitrogen and oxygen atoms in total. The first-order valence-electron chi connectivity index (χ1n) is 7.14. The lowest BCUT2D eigenvalue weighted by Gasteiger charge is -2.10. The van der Waals surface area contributed by atoms with Gasteiger partial charge in [-0.2, -0.15) is 5.10 Å². The second kappa shape index (κ2) is 5.93. The molecule has 3 aromatic rings. The fraction of sp³-hybridized carbons (Fsp3) is 0.250. The van der Waals surface area contributed by atoms with Crippen LogP contribution < -0.4 is 10.9 Å². The molecule has 0 unspecified atom stereocenters. The Kier molecular flexibility index (Phi) is 3.82. The van der Waals surface area contributed by atoms with Crippen LogP contribution in [0.25, 0.3) is 10.8 Å². The summed E-state index contributed by atoms with van der Waals surface area (Å²) in [7, 11) is 0. The lowest BCUT2D eigenvalue weighted by Crippen LogP contribution is -2.26. The van der Waals surface area contributed by atoms with Crippen molar-refractivity contribution in [3.05, 3.63) is 58.4 Å². The Labute approximate surface area is 127 Å². The van der Waals surface area contributed by atoms with E-state index >= 15 is 0 Å². The number of hydrogen-bond donors (Lipinski definition) is 1. The van der Waals surface area contributed by atoms with Crippen molar-refractivity contribution in [2.75, 3.05) is 11.9 Å². The van der Waals surface area contributed by atoms with E-state index in [0.717, 1.165) is 16.8 Å². The third-order valence-corrected chi connectivity index (χ3v) is 3.47. The Bertz CT molecular complexity index is 872. The van der Waals surface area contributed by atoms with E-state index in [1.807, 2.05) is 38.1 Å². The summed E-state index contributed by atoms with van der Waals surface area (Å²) in [5.41, 5.74) is 0.903. The summed E-state index contributed by atoms with van der Waals surface area (Å²) in [6.45, 7) is 4.84. The van der Waals surface area contributed by atoms with Gasteiger partial charge >= 0.3 is 0 Å². The van der Waals surface area contributed by atoms with Crippen LogP contribution in [-0.4, -0.2) is 26.3 Å². The largest absolute Gasteiger partial charge is 0.368 e. The van der Waals surface area contributed by atoms with Crippen LogP contribution >= 0.6 is 0 Å². The van der Waals surface area contributed by atoms with Crippen LogP contribution in [0.2, 0.25) is 0 Å². The average molecular weight is 295 g/mol. The Hall–Kier alpha value is -2.76. The predicted molar refractivity (Wildman–Crippen MR) is 86.0 cm³/mol. The lowest BCUT2D eigenvalue weighted by atomic mass is 10.2. The normalized spacial score (nSPS) is 10.8. The molecule has 2 aromatic heterocycles. The minimum atomic E-state index is -0.0736. The summed E-state index contributed by atoms with van der Waals surface area (Å²) in [6, 6.07) is 7.47. The molecule has 0 saturated carbocycles. The zero-order chi connectivity index (χ0) is 15.5. The van der Waals surface area contributed by atoms with E-state index in [4.69, 9.17) is 0 Å². The summed E-state index contributed by atoms with van der Waals surface area (Å²) in [5.74, 6) is 1.51. The standard InChI is InChI=1S/C16H17N5O/c1-11-9-18-12(2)20-15(11)17-7-8-21-16(22)14-6-4-3-5-13(14)10-19-21/h3-6,9-10H,7-8H2,1-2H3,(H,17,18,20). The van der Waals surface area contributed by atoms with Gasteiger partial charge in [-0.15, -0.1) is 0 Å². The second-order valence-electron chi connectivity index (χ2n) is 5.14.